The fraction of sp³-hybridized carbons (Fsp3) is 0.417. The number of nitrogens with zero attached hydrogens (tertiary/aromatic N) is 1. The molecule has 17 heavy (non-hydrogen) atoms. The molecule has 0 fully saturated rings. The summed E-state index contributed by atoms with van der Waals surface area (Å²) in [6.07, 6.45) is 1.03. The van der Waals surface area contributed by atoms with Gasteiger partial charge >= 0.3 is 0 Å². The Labute approximate surface area is 115 Å². The molecule has 1 N–H and O–H groups in total. The Balaban J connectivity index is 1.81. The molecule has 1 atom stereocenters. The maximum atomic E-state index is 5.90. The van der Waals surface area contributed by atoms with Gasteiger partial charge < -0.3 is 5.32 Å². The van der Waals surface area contributed by atoms with E-state index in [2.05, 4.69) is 30.2 Å². The molecule has 0 amide bonds. The Morgan fingerprint density at radius 3 is 2.88 bits per heavy atom. The van der Waals surface area contributed by atoms with E-state index in [9.17, 15) is 0 Å². The molecular formula is C12H15ClN2S2. The zero-order valence-electron chi connectivity index (χ0n) is 9.87. The van der Waals surface area contributed by atoms with Crippen LogP contribution in [-0.4, -0.2) is 11.5 Å². The molecule has 0 aliphatic heterocycles. The van der Waals surface area contributed by atoms with Gasteiger partial charge in [-0.25, -0.2) is 4.98 Å². The van der Waals surface area contributed by atoms with E-state index in [1.54, 1.807) is 22.7 Å². The molecule has 2 heterocycles. The summed E-state index contributed by atoms with van der Waals surface area (Å²) in [6.45, 7) is 5.21. The first-order chi connectivity index (χ1) is 8.16. The Hall–Kier alpha value is -0.420. The van der Waals surface area contributed by atoms with Crippen LogP contribution in [-0.2, 0) is 6.42 Å². The van der Waals surface area contributed by atoms with Crippen LogP contribution in [0.25, 0.3) is 0 Å². The average molecular weight is 287 g/mol. The average Bonchev–Trinajstić information content (AvgIpc) is 2.87. The minimum atomic E-state index is 0.373. The molecule has 2 rings (SSSR count). The van der Waals surface area contributed by atoms with Gasteiger partial charge in [-0.1, -0.05) is 11.6 Å². The van der Waals surface area contributed by atoms with Crippen LogP contribution in [0.5, 0.6) is 0 Å². The largest absolute Gasteiger partial charge is 0.309 e. The van der Waals surface area contributed by atoms with Crippen molar-refractivity contribution in [1.29, 1.82) is 0 Å². The quantitative estimate of drug-likeness (QED) is 0.896. The zero-order chi connectivity index (χ0) is 12.3. The molecule has 92 valence electrons. The fourth-order valence-corrected chi connectivity index (χ4v) is 3.64. The van der Waals surface area contributed by atoms with Gasteiger partial charge in [0, 0.05) is 22.3 Å². The predicted molar refractivity (Wildman–Crippen MR) is 76.3 cm³/mol. The van der Waals surface area contributed by atoms with E-state index in [1.165, 1.54) is 9.75 Å². The highest BCUT2D eigenvalue weighted by Crippen LogP contribution is 2.23. The van der Waals surface area contributed by atoms with Gasteiger partial charge in [0.05, 0.1) is 15.5 Å². The predicted octanol–water partition coefficient (Wildman–Crippen LogP) is 4.06. The molecule has 1 unspecified atom stereocenters. The van der Waals surface area contributed by atoms with Crippen molar-refractivity contribution in [3.05, 3.63) is 37.4 Å². The normalized spacial score (nSPS) is 12.9. The Morgan fingerprint density at radius 2 is 2.29 bits per heavy atom. The lowest BCUT2D eigenvalue weighted by Gasteiger charge is -2.12. The first-order valence-corrected chi connectivity index (χ1v) is 7.62. The number of rotatable bonds is 5. The third kappa shape index (κ3) is 3.52. The van der Waals surface area contributed by atoms with Crippen molar-refractivity contribution in [2.45, 2.75) is 26.3 Å². The number of aryl methyl sites for hydroxylation is 1. The van der Waals surface area contributed by atoms with E-state index >= 15 is 0 Å². The smallest absolute Gasteiger partial charge is 0.0931 e. The summed E-state index contributed by atoms with van der Waals surface area (Å²) in [4.78, 5) is 6.93. The molecule has 0 aliphatic rings. The number of hydrogen-bond acceptors (Lipinski definition) is 4. The van der Waals surface area contributed by atoms with Crippen LogP contribution >= 0.6 is 34.3 Å². The molecule has 0 saturated heterocycles. The molecule has 5 heteroatoms. The van der Waals surface area contributed by atoms with Crippen molar-refractivity contribution in [2.75, 3.05) is 6.54 Å². The summed E-state index contributed by atoms with van der Waals surface area (Å²) >= 11 is 9.27. The number of thiazole rings is 1. The second-order valence-corrected chi connectivity index (χ2v) is 6.62. The molecular weight excluding hydrogens is 272 g/mol. The molecule has 0 saturated carbocycles. The topological polar surface area (TPSA) is 24.9 Å². The van der Waals surface area contributed by atoms with E-state index in [-0.39, 0.29) is 0 Å². The van der Waals surface area contributed by atoms with Crippen molar-refractivity contribution in [3.8, 4) is 0 Å². The molecule has 0 aliphatic carbocycles. The van der Waals surface area contributed by atoms with Gasteiger partial charge in [-0.15, -0.1) is 22.7 Å². The molecule has 2 aromatic rings. The number of thiophene rings is 1. The minimum absolute atomic E-state index is 0.373. The van der Waals surface area contributed by atoms with Crippen LogP contribution in [0.1, 0.15) is 28.4 Å². The third-order valence-electron chi connectivity index (χ3n) is 2.63. The highest BCUT2D eigenvalue weighted by atomic mass is 35.5. The molecule has 0 aromatic carbocycles. The SMILES string of the molecule is Cc1ncsc1C(C)NCCc1ccc(Cl)s1. The van der Waals surface area contributed by atoms with Crippen LogP contribution in [0.3, 0.4) is 0 Å². The van der Waals surface area contributed by atoms with E-state index in [1.807, 2.05) is 11.6 Å². The Morgan fingerprint density at radius 1 is 1.47 bits per heavy atom. The highest BCUT2D eigenvalue weighted by Gasteiger charge is 2.10. The van der Waals surface area contributed by atoms with Crippen LogP contribution in [0.15, 0.2) is 17.6 Å². The van der Waals surface area contributed by atoms with Gasteiger partial charge in [0.15, 0.2) is 0 Å². The molecule has 2 nitrogen and oxygen atoms in total. The monoisotopic (exact) mass is 286 g/mol. The highest BCUT2D eigenvalue weighted by molar-refractivity contribution is 7.16. The lowest BCUT2D eigenvalue weighted by atomic mass is 10.2. The summed E-state index contributed by atoms with van der Waals surface area (Å²) < 4.78 is 0.867. The summed E-state index contributed by atoms with van der Waals surface area (Å²) in [5, 5.41) is 3.52. The first-order valence-electron chi connectivity index (χ1n) is 5.54. The van der Waals surface area contributed by atoms with Crippen molar-refractivity contribution < 1.29 is 0 Å². The van der Waals surface area contributed by atoms with Crippen molar-refractivity contribution >= 4 is 34.3 Å². The van der Waals surface area contributed by atoms with E-state index in [4.69, 9.17) is 11.6 Å². The summed E-state index contributed by atoms with van der Waals surface area (Å²) in [5.41, 5.74) is 3.04. The lowest BCUT2D eigenvalue weighted by molar-refractivity contribution is 0.583. The van der Waals surface area contributed by atoms with Gasteiger partial charge in [0.1, 0.15) is 0 Å². The number of halogens is 1. The Bertz CT molecular complexity index is 478. The summed E-state index contributed by atoms with van der Waals surface area (Å²) in [5.74, 6) is 0. The number of hydrogen-bond donors (Lipinski definition) is 1. The lowest BCUT2D eigenvalue weighted by Crippen LogP contribution is -2.20. The second kappa shape index (κ2) is 5.96. The van der Waals surface area contributed by atoms with Crippen molar-refractivity contribution in [1.82, 2.24) is 10.3 Å². The van der Waals surface area contributed by atoms with Gasteiger partial charge in [0.25, 0.3) is 0 Å². The summed E-state index contributed by atoms with van der Waals surface area (Å²) in [7, 11) is 0. The van der Waals surface area contributed by atoms with Crippen LogP contribution in [0, 0.1) is 6.92 Å². The van der Waals surface area contributed by atoms with Gasteiger partial charge in [-0.2, -0.15) is 0 Å². The second-order valence-electron chi connectivity index (χ2n) is 3.93. The van der Waals surface area contributed by atoms with E-state index < -0.39 is 0 Å². The van der Waals surface area contributed by atoms with Crippen LogP contribution in [0.4, 0.5) is 0 Å². The minimum Gasteiger partial charge on any atom is -0.309 e. The van der Waals surface area contributed by atoms with Crippen LogP contribution in [0.2, 0.25) is 4.34 Å². The standard InChI is InChI=1S/C12H15ClN2S2/c1-8(12-9(2)15-7-16-12)14-6-5-10-3-4-11(13)17-10/h3-4,7-8,14H,5-6H2,1-2H3. The van der Waals surface area contributed by atoms with E-state index in [0.29, 0.717) is 6.04 Å². The molecule has 2 aromatic heterocycles. The van der Waals surface area contributed by atoms with Gasteiger partial charge in [0.2, 0.25) is 0 Å². The number of nitrogens with one attached hydrogen (secondary N) is 1. The maximum absolute atomic E-state index is 5.90. The van der Waals surface area contributed by atoms with Crippen LogP contribution < -0.4 is 5.32 Å². The maximum Gasteiger partial charge on any atom is 0.0931 e. The van der Waals surface area contributed by atoms with Crippen molar-refractivity contribution in [3.63, 3.8) is 0 Å². The van der Waals surface area contributed by atoms with E-state index in [0.717, 1.165) is 23.0 Å². The third-order valence-corrected chi connectivity index (χ3v) is 5.03. The Kier molecular flexibility index (Phi) is 4.56. The molecule has 0 radical (unpaired) electrons. The summed E-state index contributed by atoms with van der Waals surface area (Å²) in [6, 6.07) is 4.42. The zero-order valence-corrected chi connectivity index (χ0v) is 12.3. The number of aromatic nitrogens is 1. The fourth-order valence-electron chi connectivity index (χ4n) is 1.72. The molecule has 0 spiro atoms. The van der Waals surface area contributed by atoms with Gasteiger partial charge in [-0.3, -0.25) is 0 Å². The van der Waals surface area contributed by atoms with Gasteiger partial charge in [-0.05, 0) is 32.4 Å². The first kappa shape index (κ1) is 13.0. The van der Waals surface area contributed by atoms with Crippen molar-refractivity contribution in [2.24, 2.45) is 0 Å². The molecule has 0 bridgehead atoms.